The first kappa shape index (κ1) is 23.4. The minimum Gasteiger partial charge on any atom is -0.348 e. The van der Waals surface area contributed by atoms with Crippen LogP contribution in [-0.2, 0) is 0 Å². The molecule has 3 rings (SSSR count). The van der Waals surface area contributed by atoms with E-state index < -0.39 is 6.18 Å². The molecule has 1 heterocycles. The molecule has 2 aromatic carbocycles. The minimum absolute atomic E-state index is 0.207. The van der Waals surface area contributed by atoms with Crippen molar-refractivity contribution in [1.29, 1.82) is 0 Å². The lowest BCUT2D eigenvalue weighted by atomic mass is 9.38. The Morgan fingerprint density at radius 3 is 1.73 bits per heavy atom. The molecule has 0 amide bonds. The van der Waals surface area contributed by atoms with Gasteiger partial charge in [0, 0.05) is 11.8 Å². The normalized spacial score (nSPS) is 11.3. The van der Waals surface area contributed by atoms with E-state index in [1.165, 1.54) is 24.3 Å². The number of nitrogens with one attached hydrogen (secondary N) is 1. The molecule has 1 aromatic heterocycles. The van der Waals surface area contributed by atoms with E-state index >= 15 is 0 Å². The van der Waals surface area contributed by atoms with E-state index in [1.807, 2.05) is 13.8 Å². The third kappa shape index (κ3) is 7.85. The molecule has 0 saturated carbocycles. The van der Waals surface area contributed by atoms with Crippen LogP contribution in [0.5, 0.6) is 0 Å². The summed E-state index contributed by atoms with van der Waals surface area (Å²) < 4.78 is 62.5. The zero-order chi connectivity index (χ0) is 22.1. The zero-order valence-corrected chi connectivity index (χ0v) is 16.7. The number of imidazole rings is 1. The number of rotatable bonds is 5. The predicted molar refractivity (Wildman–Crippen MR) is 111 cm³/mol. The summed E-state index contributed by atoms with van der Waals surface area (Å²) in [4.78, 5) is 6.92. The number of H-pyrrole nitrogens is 1. The van der Waals surface area contributed by atoms with Crippen LogP contribution in [0.2, 0.25) is 6.32 Å². The van der Waals surface area contributed by atoms with Crippen molar-refractivity contribution in [3.05, 3.63) is 90.0 Å². The summed E-state index contributed by atoms with van der Waals surface area (Å²) in [5, 5.41) is 0. The molecule has 0 aliphatic rings. The summed E-state index contributed by atoms with van der Waals surface area (Å²) in [7, 11) is 0. The SMILES string of the molecule is Cc1nc[nH]c1C.Fc1ccc(B(CCC=CC(F)(F)F)c2ccc(F)cc2)cc1. The molecule has 0 aliphatic heterocycles. The van der Waals surface area contributed by atoms with Crippen LogP contribution < -0.4 is 10.9 Å². The van der Waals surface area contributed by atoms with E-state index in [1.54, 1.807) is 30.6 Å². The maximum atomic E-state index is 13.1. The van der Waals surface area contributed by atoms with Crippen LogP contribution in [0.1, 0.15) is 17.8 Å². The molecule has 0 fully saturated rings. The Bertz CT molecular complexity index is 869. The number of aromatic nitrogens is 2. The average Bonchev–Trinajstić information content (AvgIpc) is 3.06. The van der Waals surface area contributed by atoms with Crippen molar-refractivity contribution in [2.75, 3.05) is 0 Å². The van der Waals surface area contributed by atoms with Gasteiger partial charge in [-0.25, -0.2) is 13.8 Å². The number of alkyl halides is 3. The summed E-state index contributed by atoms with van der Waals surface area (Å²) in [5.41, 5.74) is 3.79. The second kappa shape index (κ2) is 10.8. The summed E-state index contributed by atoms with van der Waals surface area (Å²) in [6.07, 6.45) is -0.742. The molecule has 30 heavy (non-hydrogen) atoms. The largest absolute Gasteiger partial charge is 0.409 e. The molecular weight excluding hydrogens is 398 g/mol. The molecule has 3 aromatic rings. The number of aromatic amines is 1. The van der Waals surface area contributed by atoms with E-state index in [9.17, 15) is 22.0 Å². The lowest BCUT2D eigenvalue weighted by Gasteiger charge is -2.14. The molecular formula is C22H22BF5N2. The number of hydrogen-bond donors (Lipinski definition) is 1. The van der Waals surface area contributed by atoms with Crippen LogP contribution in [0.3, 0.4) is 0 Å². The van der Waals surface area contributed by atoms with Crippen molar-refractivity contribution in [3.63, 3.8) is 0 Å². The summed E-state index contributed by atoms with van der Waals surface area (Å²) >= 11 is 0. The first-order valence-corrected chi connectivity index (χ1v) is 9.37. The summed E-state index contributed by atoms with van der Waals surface area (Å²) in [6, 6.07) is 11.6. The van der Waals surface area contributed by atoms with Crippen LogP contribution in [-0.4, -0.2) is 22.9 Å². The molecule has 0 aliphatic carbocycles. The highest BCUT2D eigenvalue weighted by Gasteiger charge is 2.22. The highest BCUT2D eigenvalue weighted by molar-refractivity contribution is 6.85. The Balaban J connectivity index is 0.000000386. The number of allylic oxidation sites excluding steroid dienone is 2. The molecule has 0 radical (unpaired) electrons. The fourth-order valence-electron chi connectivity index (χ4n) is 2.82. The first-order valence-electron chi connectivity index (χ1n) is 9.37. The van der Waals surface area contributed by atoms with Crippen molar-refractivity contribution in [2.45, 2.75) is 32.8 Å². The van der Waals surface area contributed by atoms with Gasteiger partial charge in [-0.3, -0.25) is 0 Å². The van der Waals surface area contributed by atoms with Crippen molar-refractivity contribution in [2.24, 2.45) is 0 Å². The maximum Gasteiger partial charge on any atom is 0.409 e. The molecule has 0 saturated heterocycles. The molecule has 1 N–H and O–H groups in total. The average molecular weight is 420 g/mol. The van der Waals surface area contributed by atoms with Gasteiger partial charge in [0.1, 0.15) is 11.6 Å². The highest BCUT2D eigenvalue weighted by atomic mass is 19.4. The Morgan fingerprint density at radius 2 is 1.40 bits per heavy atom. The highest BCUT2D eigenvalue weighted by Crippen LogP contribution is 2.17. The van der Waals surface area contributed by atoms with E-state index in [2.05, 4.69) is 9.97 Å². The van der Waals surface area contributed by atoms with Crippen LogP contribution in [0.4, 0.5) is 22.0 Å². The van der Waals surface area contributed by atoms with Crippen LogP contribution in [0.25, 0.3) is 0 Å². The van der Waals surface area contributed by atoms with Gasteiger partial charge in [-0.1, -0.05) is 47.6 Å². The van der Waals surface area contributed by atoms with Crippen LogP contribution in [0.15, 0.2) is 67.0 Å². The minimum atomic E-state index is -4.33. The fraction of sp³-hybridized carbons (Fsp3) is 0.227. The molecule has 0 spiro atoms. The predicted octanol–water partition coefficient (Wildman–Crippen LogP) is 5.11. The maximum absolute atomic E-state index is 13.1. The van der Waals surface area contributed by atoms with Crippen LogP contribution >= 0.6 is 0 Å². The standard InChI is InChI=1S/C17H14BF5.C5H8N2/c19-15-7-3-13(4-8-15)18(12-2-1-11-17(21,22)23)14-5-9-16(20)10-6-14;1-4-5(2)7-3-6-4/h1,3-11H,2,12H2;3H,1-2H3,(H,6,7). The molecule has 0 unspecified atom stereocenters. The molecule has 0 atom stereocenters. The second-order valence-electron chi connectivity index (χ2n) is 6.79. The van der Waals surface area contributed by atoms with E-state index in [4.69, 9.17) is 0 Å². The second-order valence-corrected chi connectivity index (χ2v) is 6.79. The zero-order valence-electron chi connectivity index (χ0n) is 16.7. The van der Waals surface area contributed by atoms with Gasteiger partial charge < -0.3 is 4.98 Å². The van der Waals surface area contributed by atoms with Crippen molar-refractivity contribution < 1.29 is 22.0 Å². The molecule has 158 valence electrons. The third-order valence-corrected chi connectivity index (χ3v) is 4.56. The van der Waals surface area contributed by atoms with Gasteiger partial charge in [0.2, 0.25) is 6.71 Å². The molecule has 8 heteroatoms. The van der Waals surface area contributed by atoms with E-state index in [0.29, 0.717) is 6.32 Å². The van der Waals surface area contributed by atoms with Gasteiger partial charge in [0.15, 0.2) is 0 Å². The van der Waals surface area contributed by atoms with Gasteiger partial charge in [-0.2, -0.15) is 13.2 Å². The van der Waals surface area contributed by atoms with Gasteiger partial charge in [-0.05, 0) is 44.5 Å². The number of nitrogens with zero attached hydrogens (tertiary/aromatic N) is 1. The quantitative estimate of drug-likeness (QED) is 0.347. The molecule has 0 bridgehead atoms. The smallest absolute Gasteiger partial charge is 0.348 e. The number of benzene rings is 2. The topological polar surface area (TPSA) is 28.7 Å². The fourth-order valence-corrected chi connectivity index (χ4v) is 2.82. The summed E-state index contributed by atoms with van der Waals surface area (Å²) in [5.74, 6) is -0.771. The van der Waals surface area contributed by atoms with E-state index in [0.717, 1.165) is 28.4 Å². The van der Waals surface area contributed by atoms with Gasteiger partial charge in [-0.15, -0.1) is 0 Å². The lowest BCUT2D eigenvalue weighted by Crippen LogP contribution is -2.41. The Labute approximate surface area is 172 Å². The third-order valence-electron chi connectivity index (χ3n) is 4.56. The Morgan fingerprint density at radius 1 is 0.900 bits per heavy atom. The van der Waals surface area contributed by atoms with Crippen molar-refractivity contribution in [1.82, 2.24) is 9.97 Å². The van der Waals surface area contributed by atoms with Gasteiger partial charge >= 0.3 is 6.18 Å². The molecule has 2 nitrogen and oxygen atoms in total. The van der Waals surface area contributed by atoms with Crippen molar-refractivity contribution in [3.8, 4) is 0 Å². The number of halogens is 5. The lowest BCUT2D eigenvalue weighted by molar-refractivity contribution is -0.0800. The summed E-state index contributed by atoms with van der Waals surface area (Å²) in [6.45, 7) is 3.75. The Hall–Kier alpha value is -2.90. The van der Waals surface area contributed by atoms with E-state index in [-0.39, 0.29) is 30.8 Å². The van der Waals surface area contributed by atoms with Crippen LogP contribution in [0, 0.1) is 25.5 Å². The number of hydrogen-bond acceptors (Lipinski definition) is 1. The van der Waals surface area contributed by atoms with Crippen molar-refractivity contribution >= 4 is 17.6 Å². The number of aryl methyl sites for hydroxylation is 2. The monoisotopic (exact) mass is 420 g/mol. The Kier molecular flexibility index (Phi) is 8.39. The first-order chi connectivity index (χ1) is 14.2. The van der Waals surface area contributed by atoms with Gasteiger partial charge in [0.25, 0.3) is 0 Å². The van der Waals surface area contributed by atoms with Gasteiger partial charge in [0.05, 0.1) is 12.0 Å².